The highest BCUT2D eigenvalue weighted by atomic mass is 14.9. The van der Waals surface area contributed by atoms with Crippen LogP contribution in [0.3, 0.4) is 0 Å². The molecule has 1 heterocycles. The maximum absolute atomic E-state index is 5.98. The zero-order valence-corrected chi connectivity index (χ0v) is 12.2. The van der Waals surface area contributed by atoms with Gasteiger partial charge < -0.3 is 11.1 Å². The van der Waals surface area contributed by atoms with Crippen molar-refractivity contribution < 1.29 is 0 Å². The molecule has 0 bridgehead atoms. The van der Waals surface area contributed by atoms with Crippen LogP contribution in [0.2, 0.25) is 0 Å². The van der Waals surface area contributed by atoms with E-state index in [4.69, 9.17) is 5.73 Å². The summed E-state index contributed by atoms with van der Waals surface area (Å²) in [7, 11) is 0. The molecule has 0 spiro atoms. The molecule has 0 saturated heterocycles. The Labute approximate surface area is 111 Å². The molecule has 0 aliphatic heterocycles. The second-order valence-electron chi connectivity index (χ2n) is 5.97. The Bertz CT molecular complexity index is 361. The average Bonchev–Trinajstić information content (AvgIpc) is 2.28. The van der Waals surface area contributed by atoms with Crippen LogP contribution >= 0.6 is 0 Å². The van der Waals surface area contributed by atoms with E-state index < -0.39 is 0 Å². The zero-order chi connectivity index (χ0) is 13.6. The molecule has 0 aromatic carbocycles. The van der Waals surface area contributed by atoms with Crippen molar-refractivity contribution in [3.63, 3.8) is 0 Å². The number of nitrogens with one attached hydrogen (secondary N) is 1. The van der Waals surface area contributed by atoms with Gasteiger partial charge in [0.1, 0.15) is 0 Å². The van der Waals surface area contributed by atoms with Crippen LogP contribution in [0.15, 0.2) is 18.5 Å². The Morgan fingerprint density at radius 3 is 2.78 bits per heavy atom. The van der Waals surface area contributed by atoms with Crippen LogP contribution in [-0.4, -0.2) is 17.6 Å². The number of hydrogen-bond acceptors (Lipinski definition) is 3. The van der Waals surface area contributed by atoms with E-state index in [0.29, 0.717) is 6.04 Å². The summed E-state index contributed by atoms with van der Waals surface area (Å²) < 4.78 is 0. The van der Waals surface area contributed by atoms with Crippen molar-refractivity contribution in [1.82, 2.24) is 10.3 Å². The third-order valence-electron chi connectivity index (χ3n) is 3.21. The second-order valence-corrected chi connectivity index (χ2v) is 5.97. The van der Waals surface area contributed by atoms with Gasteiger partial charge in [-0.25, -0.2) is 0 Å². The van der Waals surface area contributed by atoms with Crippen LogP contribution in [0.1, 0.15) is 46.1 Å². The first-order valence-corrected chi connectivity index (χ1v) is 6.86. The number of nitrogens with zero attached hydrogens (tertiary/aromatic N) is 1. The number of anilines is 1. The van der Waals surface area contributed by atoms with E-state index in [1.54, 1.807) is 6.20 Å². The van der Waals surface area contributed by atoms with Gasteiger partial charge in [-0.2, -0.15) is 0 Å². The first-order chi connectivity index (χ1) is 8.44. The Balaban J connectivity index is 2.56. The van der Waals surface area contributed by atoms with Gasteiger partial charge in [0.15, 0.2) is 0 Å². The van der Waals surface area contributed by atoms with Gasteiger partial charge in [-0.15, -0.1) is 0 Å². The minimum atomic E-state index is 0.233. The predicted molar refractivity (Wildman–Crippen MR) is 78.5 cm³/mol. The molecule has 1 rings (SSSR count). The van der Waals surface area contributed by atoms with Crippen LogP contribution in [0.4, 0.5) is 5.69 Å². The minimum Gasteiger partial charge on any atom is -0.398 e. The summed E-state index contributed by atoms with van der Waals surface area (Å²) in [5, 5.41) is 3.54. The normalized spacial score (nSPS) is 13.6. The van der Waals surface area contributed by atoms with E-state index in [2.05, 4.69) is 38.0 Å². The van der Waals surface area contributed by atoms with Crippen molar-refractivity contribution >= 4 is 5.69 Å². The molecule has 0 saturated carbocycles. The number of pyridine rings is 1. The lowest BCUT2D eigenvalue weighted by molar-refractivity contribution is 0.287. The van der Waals surface area contributed by atoms with Crippen molar-refractivity contribution in [2.45, 2.75) is 53.0 Å². The van der Waals surface area contributed by atoms with Gasteiger partial charge in [0.25, 0.3) is 0 Å². The summed E-state index contributed by atoms with van der Waals surface area (Å²) in [6, 6.07) is 2.42. The number of rotatable bonds is 7. The molecule has 0 aliphatic rings. The number of nitrogens with two attached hydrogens (primary N) is 1. The van der Waals surface area contributed by atoms with E-state index in [1.807, 2.05) is 12.3 Å². The maximum atomic E-state index is 5.98. The minimum absolute atomic E-state index is 0.233. The molecule has 3 nitrogen and oxygen atoms in total. The largest absolute Gasteiger partial charge is 0.398 e. The maximum Gasteiger partial charge on any atom is 0.0377 e. The fourth-order valence-corrected chi connectivity index (χ4v) is 2.47. The van der Waals surface area contributed by atoms with Gasteiger partial charge in [-0.1, -0.05) is 20.8 Å². The highest BCUT2D eigenvalue weighted by Crippen LogP contribution is 2.29. The molecule has 1 aromatic heterocycles. The quantitative estimate of drug-likeness (QED) is 0.781. The van der Waals surface area contributed by atoms with Crippen molar-refractivity contribution in [3.05, 3.63) is 24.0 Å². The Morgan fingerprint density at radius 1 is 1.44 bits per heavy atom. The summed E-state index contributed by atoms with van der Waals surface area (Å²) in [5.41, 5.74) is 8.23. The fraction of sp³-hybridized carbons (Fsp3) is 0.667. The van der Waals surface area contributed by atoms with Crippen molar-refractivity contribution in [3.8, 4) is 0 Å². The highest BCUT2D eigenvalue weighted by Gasteiger charge is 2.22. The zero-order valence-electron chi connectivity index (χ0n) is 12.2. The predicted octanol–water partition coefficient (Wildman–Crippen LogP) is 3.01. The lowest BCUT2D eigenvalue weighted by atomic mass is 9.80. The second kappa shape index (κ2) is 6.74. The third-order valence-corrected chi connectivity index (χ3v) is 3.21. The van der Waals surface area contributed by atoms with E-state index in [0.717, 1.165) is 30.6 Å². The smallest absolute Gasteiger partial charge is 0.0377 e. The topological polar surface area (TPSA) is 50.9 Å². The molecular formula is C15H27N3. The van der Waals surface area contributed by atoms with E-state index in [1.165, 1.54) is 6.42 Å². The molecule has 1 aromatic rings. The van der Waals surface area contributed by atoms with E-state index in [-0.39, 0.29) is 5.41 Å². The number of hydrogen-bond donors (Lipinski definition) is 2. The first kappa shape index (κ1) is 15.0. The van der Waals surface area contributed by atoms with Gasteiger partial charge in [0, 0.05) is 24.1 Å². The van der Waals surface area contributed by atoms with Gasteiger partial charge in [-0.3, -0.25) is 4.98 Å². The number of aromatic nitrogens is 1. The molecule has 18 heavy (non-hydrogen) atoms. The lowest BCUT2D eigenvalue weighted by Crippen LogP contribution is -2.32. The SMILES string of the molecule is CCCNC(C)CC(C)(C)Cc1cnccc1N. The Kier molecular flexibility index (Phi) is 5.60. The molecule has 0 aliphatic carbocycles. The molecule has 3 heteroatoms. The van der Waals surface area contributed by atoms with Crippen LogP contribution in [-0.2, 0) is 6.42 Å². The van der Waals surface area contributed by atoms with Crippen molar-refractivity contribution in [2.24, 2.45) is 5.41 Å². The van der Waals surface area contributed by atoms with Crippen molar-refractivity contribution in [2.75, 3.05) is 12.3 Å². The van der Waals surface area contributed by atoms with Crippen LogP contribution < -0.4 is 11.1 Å². The Morgan fingerprint density at radius 2 is 2.17 bits per heavy atom. The first-order valence-electron chi connectivity index (χ1n) is 6.86. The lowest BCUT2D eigenvalue weighted by Gasteiger charge is -2.29. The molecule has 1 atom stereocenters. The molecule has 1 unspecified atom stereocenters. The average molecular weight is 249 g/mol. The summed E-state index contributed by atoms with van der Waals surface area (Å²) >= 11 is 0. The molecule has 3 N–H and O–H groups in total. The fourth-order valence-electron chi connectivity index (χ4n) is 2.47. The number of nitrogen functional groups attached to an aromatic ring is 1. The molecule has 0 fully saturated rings. The van der Waals surface area contributed by atoms with Gasteiger partial charge in [-0.05, 0) is 49.8 Å². The van der Waals surface area contributed by atoms with Crippen LogP contribution in [0.5, 0.6) is 0 Å². The van der Waals surface area contributed by atoms with Gasteiger partial charge >= 0.3 is 0 Å². The van der Waals surface area contributed by atoms with E-state index >= 15 is 0 Å². The standard InChI is InChI=1S/C15H27N3/c1-5-7-18-12(2)9-15(3,4)10-13-11-17-8-6-14(13)16/h6,8,11-12,18H,5,7,9-10H2,1-4H3,(H2,16,17). The summed E-state index contributed by atoms with van der Waals surface area (Å²) in [6.45, 7) is 10.1. The molecule has 102 valence electrons. The monoisotopic (exact) mass is 249 g/mol. The molecule has 0 amide bonds. The highest BCUT2D eigenvalue weighted by molar-refractivity contribution is 5.44. The summed E-state index contributed by atoms with van der Waals surface area (Å²) in [6.07, 6.45) is 6.94. The summed E-state index contributed by atoms with van der Waals surface area (Å²) in [4.78, 5) is 4.16. The Hall–Kier alpha value is -1.09. The van der Waals surface area contributed by atoms with Crippen molar-refractivity contribution in [1.29, 1.82) is 0 Å². The molecule has 0 radical (unpaired) electrons. The van der Waals surface area contributed by atoms with Crippen LogP contribution in [0.25, 0.3) is 0 Å². The summed E-state index contributed by atoms with van der Waals surface area (Å²) in [5.74, 6) is 0. The third kappa shape index (κ3) is 5.05. The van der Waals surface area contributed by atoms with Gasteiger partial charge in [0.2, 0.25) is 0 Å². The van der Waals surface area contributed by atoms with Gasteiger partial charge in [0.05, 0.1) is 0 Å². The molecular weight excluding hydrogens is 222 g/mol. The van der Waals surface area contributed by atoms with Crippen LogP contribution in [0, 0.1) is 5.41 Å². The van der Waals surface area contributed by atoms with E-state index in [9.17, 15) is 0 Å².